The monoisotopic (exact) mass is 328 g/mol. The van der Waals surface area contributed by atoms with Crippen LogP contribution >= 0.6 is 0 Å². The van der Waals surface area contributed by atoms with E-state index in [1.165, 1.54) is 18.2 Å². The molecule has 2 atom stereocenters. The Morgan fingerprint density at radius 3 is 2.77 bits per heavy atom. The van der Waals surface area contributed by atoms with E-state index in [9.17, 15) is 13.4 Å². The standard InChI is InChI=1S/C14H21FN4O2S/c1-9-14(16)18-13(7-22(9,21)19(2)3)11-6-10(17-8-20)4-5-12(11)15/h4-6,8-9,13,22H,7H2,1-3H3,(H2,16,18)(H,17,20). The number of thiol groups is 1. The van der Waals surface area contributed by atoms with Crippen molar-refractivity contribution in [1.82, 2.24) is 9.62 Å². The Hall–Kier alpha value is -1.80. The molecule has 22 heavy (non-hydrogen) atoms. The van der Waals surface area contributed by atoms with Crippen molar-refractivity contribution in [3.05, 3.63) is 29.6 Å². The second kappa shape index (κ2) is 6.13. The highest BCUT2D eigenvalue weighted by atomic mass is 32.3. The Labute approximate surface area is 130 Å². The summed E-state index contributed by atoms with van der Waals surface area (Å²) >= 11 is 0. The molecule has 1 aromatic rings. The molecule has 1 heterocycles. The van der Waals surface area contributed by atoms with Gasteiger partial charge >= 0.3 is 0 Å². The van der Waals surface area contributed by atoms with Gasteiger partial charge in [-0.3, -0.25) is 18.7 Å². The number of carbonyl (C=O) groups excluding carboxylic acids is 1. The van der Waals surface area contributed by atoms with Crippen LogP contribution in [0.1, 0.15) is 18.5 Å². The summed E-state index contributed by atoms with van der Waals surface area (Å²) in [5, 5.41) is 13.0. The third-order valence-corrected chi connectivity index (χ3v) is 7.78. The molecule has 0 aliphatic carbocycles. The van der Waals surface area contributed by atoms with E-state index in [0.29, 0.717) is 17.7 Å². The van der Waals surface area contributed by atoms with Gasteiger partial charge in [0.15, 0.2) is 0 Å². The van der Waals surface area contributed by atoms with Crippen molar-refractivity contribution in [3.63, 3.8) is 0 Å². The van der Waals surface area contributed by atoms with Crippen LogP contribution < -0.4 is 10.6 Å². The van der Waals surface area contributed by atoms with Crippen LogP contribution in [0, 0.1) is 11.2 Å². The van der Waals surface area contributed by atoms with Gasteiger partial charge in [0.25, 0.3) is 0 Å². The molecule has 0 radical (unpaired) electrons. The molecule has 8 heteroatoms. The lowest BCUT2D eigenvalue weighted by Gasteiger charge is -2.44. The van der Waals surface area contributed by atoms with Crippen LogP contribution in [0.25, 0.3) is 0 Å². The minimum Gasteiger partial charge on any atom is -0.365 e. The number of hydrogen-bond acceptors (Lipinski definition) is 3. The van der Waals surface area contributed by atoms with Gasteiger partial charge in [-0.15, -0.1) is 0 Å². The molecule has 0 spiro atoms. The van der Waals surface area contributed by atoms with E-state index in [4.69, 9.17) is 5.41 Å². The molecule has 1 aromatic carbocycles. The molecule has 0 aromatic heterocycles. The first-order valence-electron chi connectivity index (χ1n) is 6.90. The topological polar surface area (TPSA) is 85.3 Å². The zero-order valence-electron chi connectivity index (χ0n) is 12.8. The van der Waals surface area contributed by atoms with Gasteiger partial charge in [0.1, 0.15) is 11.7 Å². The van der Waals surface area contributed by atoms with Crippen molar-refractivity contribution in [2.75, 3.05) is 25.2 Å². The second-order valence-electron chi connectivity index (χ2n) is 5.57. The summed E-state index contributed by atoms with van der Waals surface area (Å²) in [6.07, 6.45) is 0.514. The molecule has 1 saturated heterocycles. The summed E-state index contributed by atoms with van der Waals surface area (Å²) in [5.74, 6) is -0.0894. The summed E-state index contributed by atoms with van der Waals surface area (Å²) in [7, 11) is 0.617. The lowest BCUT2D eigenvalue weighted by atomic mass is 10.1. The van der Waals surface area contributed by atoms with Crippen LogP contribution in [0.3, 0.4) is 0 Å². The lowest BCUT2D eigenvalue weighted by molar-refractivity contribution is -0.105. The number of rotatable bonds is 4. The van der Waals surface area contributed by atoms with Crippen LogP contribution in [0.2, 0.25) is 0 Å². The van der Waals surface area contributed by atoms with Crippen LogP contribution in [-0.4, -0.2) is 45.9 Å². The predicted octanol–water partition coefficient (Wildman–Crippen LogP) is 0.897. The van der Waals surface area contributed by atoms with Gasteiger partial charge in [0.05, 0.1) is 11.3 Å². The molecule has 2 rings (SSSR count). The number of hydrogen-bond donors (Lipinski definition) is 4. The van der Waals surface area contributed by atoms with Crippen molar-refractivity contribution in [1.29, 1.82) is 5.41 Å². The minimum atomic E-state index is -2.81. The Kier molecular flexibility index (Phi) is 4.62. The van der Waals surface area contributed by atoms with Crippen molar-refractivity contribution in [2.24, 2.45) is 0 Å². The molecule has 6 nitrogen and oxygen atoms in total. The molecule has 1 amide bonds. The first kappa shape index (κ1) is 16.6. The maximum atomic E-state index is 14.1. The van der Waals surface area contributed by atoms with E-state index in [0.717, 1.165) is 0 Å². The van der Waals surface area contributed by atoms with Crippen molar-refractivity contribution >= 4 is 28.1 Å². The van der Waals surface area contributed by atoms with Crippen molar-refractivity contribution in [2.45, 2.75) is 18.2 Å². The zero-order chi connectivity index (χ0) is 16.5. The molecular weight excluding hydrogens is 307 g/mol. The Morgan fingerprint density at radius 1 is 1.50 bits per heavy atom. The molecule has 122 valence electrons. The fraction of sp³-hybridized carbons (Fsp3) is 0.429. The number of halogens is 1. The highest BCUT2D eigenvalue weighted by Gasteiger charge is 2.38. The van der Waals surface area contributed by atoms with Gasteiger partial charge in [-0.2, -0.15) is 0 Å². The third kappa shape index (κ3) is 2.89. The molecule has 2 unspecified atom stereocenters. The normalized spacial score (nSPS) is 25.4. The minimum absolute atomic E-state index is 0.140. The maximum Gasteiger partial charge on any atom is 0.211 e. The number of amides is 1. The SMILES string of the molecule is CC1C(=N)NC(c2cc(NC=O)ccc2F)C[SH]1(=O)N(C)C. The highest BCUT2D eigenvalue weighted by molar-refractivity contribution is 8.02. The largest absolute Gasteiger partial charge is 0.365 e. The van der Waals surface area contributed by atoms with Gasteiger partial charge in [0.2, 0.25) is 6.41 Å². The van der Waals surface area contributed by atoms with Gasteiger partial charge in [-0.05, 0) is 49.3 Å². The third-order valence-electron chi connectivity index (χ3n) is 4.07. The maximum absolute atomic E-state index is 14.1. The number of nitrogens with one attached hydrogen (secondary N) is 3. The molecular formula is C14H21FN4O2S. The van der Waals surface area contributed by atoms with Crippen molar-refractivity contribution in [3.8, 4) is 0 Å². The Bertz CT molecular complexity index is 650. The fourth-order valence-electron chi connectivity index (χ4n) is 2.63. The van der Waals surface area contributed by atoms with E-state index in [1.54, 1.807) is 25.3 Å². The summed E-state index contributed by atoms with van der Waals surface area (Å²) in [6.45, 7) is 1.74. The molecule has 0 saturated carbocycles. The molecule has 1 aliphatic heterocycles. The Morgan fingerprint density at radius 2 is 2.18 bits per heavy atom. The highest BCUT2D eigenvalue weighted by Crippen LogP contribution is 2.31. The summed E-state index contributed by atoms with van der Waals surface area (Å²) in [4.78, 5) is 10.5. The number of benzene rings is 1. The predicted molar refractivity (Wildman–Crippen MR) is 87.2 cm³/mol. The molecule has 0 bridgehead atoms. The molecule has 1 fully saturated rings. The van der Waals surface area contributed by atoms with E-state index < -0.39 is 27.2 Å². The summed E-state index contributed by atoms with van der Waals surface area (Å²) in [6, 6.07) is 3.65. The van der Waals surface area contributed by atoms with Gasteiger partial charge < -0.3 is 10.6 Å². The average Bonchev–Trinajstić information content (AvgIpc) is 2.46. The van der Waals surface area contributed by atoms with Crippen LogP contribution in [0.15, 0.2) is 18.2 Å². The van der Waals surface area contributed by atoms with E-state index >= 15 is 0 Å². The average molecular weight is 328 g/mol. The number of amidine groups is 1. The summed E-state index contributed by atoms with van der Waals surface area (Å²) in [5.41, 5.74) is 0.753. The van der Waals surface area contributed by atoms with Crippen LogP contribution in [-0.2, 0) is 14.9 Å². The van der Waals surface area contributed by atoms with Gasteiger partial charge in [0, 0.05) is 17.0 Å². The molecule has 1 aliphatic rings. The first-order chi connectivity index (χ1) is 10.3. The van der Waals surface area contributed by atoms with Crippen LogP contribution in [0.4, 0.5) is 10.1 Å². The first-order valence-corrected chi connectivity index (χ1v) is 8.82. The van der Waals surface area contributed by atoms with Gasteiger partial charge in [-0.25, -0.2) is 4.39 Å². The van der Waals surface area contributed by atoms with E-state index in [2.05, 4.69) is 10.6 Å². The quantitative estimate of drug-likeness (QED) is 0.489. The summed E-state index contributed by atoms with van der Waals surface area (Å²) < 4.78 is 28.9. The van der Waals surface area contributed by atoms with Crippen molar-refractivity contribution < 1.29 is 13.4 Å². The van der Waals surface area contributed by atoms with Gasteiger partial charge in [-0.1, -0.05) is 0 Å². The number of nitrogens with zero attached hydrogens (tertiary/aromatic N) is 1. The Balaban J connectivity index is 2.41. The second-order valence-corrected chi connectivity index (χ2v) is 9.02. The lowest BCUT2D eigenvalue weighted by Crippen LogP contribution is -2.57. The zero-order valence-corrected chi connectivity index (χ0v) is 13.7. The number of carbonyl (C=O) groups is 1. The number of anilines is 1. The smallest absolute Gasteiger partial charge is 0.211 e. The van der Waals surface area contributed by atoms with Crippen LogP contribution in [0.5, 0.6) is 0 Å². The fourth-order valence-corrected chi connectivity index (χ4v) is 5.25. The van der Waals surface area contributed by atoms with E-state index in [-0.39, 0.29) is 11.6 Å². The molecule has 3 N–H and O–H groups in total. The van der Waals surface area contributed by atoms with E-state index in [1.807, 2.05) is 0 Å².